The molecule has 1 aromatic heterocycles. The lowest BCUT2D eigenvalue weighted by Crippen LogP contribution is -2.26. The third-order valence-corrected chi connectivity index (χ3v) is 4.10. The summed E-state index contributed by atoms with van der Waals surface area (Å²) >= 11 is 2.41. The maximum Gasteiger partial charge on any atom is 0.0270 e. The molecule has 1 rings (SSSR count). The highest BCUT2D eigenvalue weighted by Gasteiger charge is 2.09. The van der Waals surface area contributed by atoms with Crippen molar-refractivity contribution in [1.82, 2.24) is 8.10 Å². The Morgan fingerprint density at radius 2 is 2.12 bits per heavy atom. The van der Waals surface area contributed by atoms with E-state index < -0.39 is 0 Å². The molecule has 0 aliphatic heterocycles. The van der Waals surface area contributed by atoms with Crippen LogP contribution in [0.2, 0.25) is 0 Å². The van der Waals surface area contributed by atoms with Crippen LogP contribution in [0.15, 0.2) is 24.5 Å². The van der Waals surface area contributed by atoms with E-state index in [1.807, 2.05) is 12.4 Å². The van der Waals surface area contributed by atoms with Crippen LogP contribution in [-0.2, 0) is 6.42 Å². The molecule has 0 aliphatic carbocycles. The summed E-state index contributed by atoms with van der Waals surface area (Å²) in [5.41, 5.74) is 6.86. The Morgan fingerprint density at radius 3 is 2.75 bits per heavy atom. The van der Waals surface area contributed by atoms with Gasteiger partial charge in [-0.15, -0.1) is 0 Å². The predicted molar refractivity (Wildman–Crippen MR) is 76.4 cm³/mol. The highest BCUT2D eigenvalue weighted by molar-refractivity contribution is 14.1. The minimum Gasteiger partial charge on any atom is -0.330 e. The van der Waals surface area contributed by atoms with Gasteiger partial charge in [0.05, 0.1) is 0 Å². The quantitative estimate of drug-likeness (QED) is 0.615. The second-order valence-electron chi connectivity index (χ2n) is 4.01. The average molecular weight is 333 g/mol. The molecular weight excluding hydrogens is 313 g/mol. The third-order valence-electron chi connectivity index (χ3n) is 2.67. The molecule has 0 bridgehead atoms. The molecule has 2 N–H and O–H groups in total. The number of hydrogen-bond acceptors (Lipinski definition) is 3. The van der Waals surface area contributed by atoms with E-state index in [-0.39, 0.29) is 0 Å². The minimum atomic E-state index is 0.603. The molecule has 0 amide bonds. The van der Waals surface area contributed by atoms with Gasteiger partial charge in [-0.25, -0.2) is 3.11 Å². The van der Waals surface area contributed by atoms with Crippen LogP contribution in [-0.4, -0.2) is 27.2 Å². The van der Waals surface area contributed by atoms with Crippen LogP contribution in [0.4, 0.5) is 0 Å². The monoisotopic (exact) mass is 333 g/mol. The summed E-state index contributed by atoms with van der Waals surface area (Å²) in [6.45, 7) is 4.13. The molecule has 16 heavy (non-hydrogen) atoms. The van der Waals surface area contributed by atoms with Crippen LogP contribution >= 0.6 is 22.9 Å². The number of aromatic nitrogens is 1. The number of nitrogens with two attached hydrogens (primary N) is 1. The van der Waals surface area contributed by atoms with E-state index in [4.69, 9.17) is 5.73 Å². The van der Waals surface area contributed by atoms with Gasteiger partial charge in [0.1, 0.15) is 0 Å². The first-order chi connectivity index (χ1) is 7.74. The van der Waals surface area contributed by atoms with Crippen molar-refractivity contribution in [2.75, 3.05) is 13.1 Å². The summed E-state index contributed by atoms with van der Waals surface area (Å²) in [5.74, 6) is 0. The molecule has 0 saturated heterocycles. The van der Waals surface area contributed by atoms with Gasteiger partial charge in [-0.3, -0.25) is 4.98 Å². The third kappa shape index (κ3) is 5.23. The Morgan fingerprint density at radius 1 is 1.44 bits per heavy atom. The molecule has 90 valence electrons. The zero-order valence-corrected chi connectivity index (χ0v) is 11.9. The van der Waals surface area contributed by atoms with Crippen LogP contribution in [0.5, 0.6) is 0 Å². The smallest absolute Gasteiger partial charge is 0.0270 e. The molecule has 1 unspecified atom stereocenters. The van der Waals surface area contributed by atoms with Crippen molar-refractivity contribution < 1.29 is 0 Å². The Hall–Kier alpha value is -0.200. The maximum absolute atomic E-state index is 5.51. The zero-order chi connectivity index (χ0) is 11.8. The van der Waals surface area contributed by atoms with Crippen molar-refractivity contribution in [3.63, 3.8) is 0 Å². The van der Waals surface area contributed by atoms with Crippen molar-refractivity contribution in [2.24, 2.45) is 5.73 Å². The molecule has 3 nitrogen and oxygen atoms in total. The van der Waals surface area contributed by atoms with E-state index in [0.29, 0.717) is 6.04 Å². The first kappa shape index (κ1) is 13.9. The summed E-state index contributed by atoms with van der Waals surface area (Å²) in [4.78, 5) is 4.02. The zero-order valence-electron chi connectivity index (χ0n) is 9.77. The lowest BCUT2D eigenvalue weighted by Gasteiger charge is -2.22. The highest BCUT2D eigenvalue weighted by Crippen LogP contribution is 2.12. The lowest BCUT2D eigenvalue weighted by atomic mass is 10.1. The van der Waals surface area contributed by atoms with Gasteiger partial charge in [-0.05, 0) is 50.4 Å². The van der Waals surface area contributed by atoms with Gasteiger partial charge in [-0.1, -0.05) is 0 Å². The number of nitrogens with zero attached hydrogens (tertiary/aromatic N) is 2. The van der Waals surface area contributed by atoms with E-state index in [1.165, 1.54) is 12.0 Å². The number of pyridine rings is 1. The summed E-state index contributed by atoms with van der Waals surface area (Å²) in [6.07, 6.45) is 7.07. The normalized spacial score (nSPS) is 13.0. The molecule has 0 fully saturated rings. The fraction of sp³-hybridized carbons (Fsp3) is 0.583. The van der Waals surface area contributed by atoms with E-state index in [9.17, 15) is 0 Å². The summed E-state index contributed by atoms with van der Waals surface area (Å²) in [5, 5.41) is 0. The SMILES string of the molecule is CC(CCCN)N(I)CCc1ccncc1. The largest absolute Gasteiger partial charge is 0.330 e. The van der Waals surface area contributed by atoms with E-state index >= 15 is 0 Å². The summed E-state index contributed by atoms with van der Waals surface area (Å²) in [6, 6.07) is 4.76. The van der Waals surface area contributed by atoms with E-state index in [2.05, 4.69) is 50.0 Å². The molecule has 0 saturated carbocycles. The molecule has 0 spiro atoms. The van der Waals surface area contributed by atoms with Crippen LogP contribution in [0.1, 0.15) is 25.3 Å². The Balaban J connectivity index is 2.26. The molecule has 0 aromatic carbocycles. The van der Waals surface area contributed by atoms with Crippen molar-refractivity contribution >= 4 is 22.9 Å². The van der Waals surface area contributed by atoms with Crippen molar-refractivity contribution in [1.29, 1.82) is 0 Å². The standard InChI is InChI=1S/C12H20IN3/c1-11(3-2-7-14)16(13)10-6-12-4-8-15-9-5-12/h4-5,8-9,11H,2-3,6-7,10,14H2,1H3. The van der Waals surface area contributed by atoms with Crippen molar-refractivity contribution in [3.05, 3.63) is 30.1 Å². The minimum absolute atomic E-state index is 0.603. The number of halogens is 1. The van der Waals surface area contributed by atoms with E-state index in [0.717, 1.165) is 25.9 Å². The van der Waals surface area contributed by atoms with Crippen LogP contribution in [0.3, 0.4) is 0 Å². The number of rotatable bonds is 7. The fourth-order valence-electron chi connectivity index (χ4n) is 1.56. The first-order valence-electron chi connectivity index (χ1n) is 5.75. The molecule has 0 aliphatic rings. The molecule has 1 heterocycles. The van der Waals surface area contributed by atoms with Gasteiger partial charge >= 0.3 is 0 Å². The molecular formula is C12H20IN3. The Labute approximate surface area is 112 Å². The van der Waals surface area contributed by atoms with Crippen molar-refractivity contribution in [2.45, 2.75) is 32.2 Å². The summed E-state index contributed by atoms with van der Waals surface area (Å²) < 4.78 is 2.37. The summed E-state index contributed by atoms with van der Waals surface area (Å²) in [7, 11) is 0. The Bertz CT molecular complexity index is 279. The van der Waals surface area contributed by atoms with Gasteiger partial charge in [0.15, 0.2) is 0 Å². The molecule has 1 atom stereocenters. The van der Waals surface area contributed by atoms with Gasteiger partial charge in [0.2, 0.25) is 0 Å². The molecule has 0 radical (unpaired) electrons. The Kier molecular flexibility index (Phi) is 6.91. The topological polar surface area (TPSA) is 42.1 Å². The van der Waals surface area contributed by atoms with Crippen LogP contribution in [0.25, 0.3) is 0 Å². The number of hydrogen-bond donors (Lipinski definition) is 1. The van der Waals surface area contributed by atoms with Crippen LogP contribution in [0, 0.1) is 0 Å². The molecule has 1 aromatic rings. The predicted octanol–water partition coefficient (Wildman–Crippen LogP) is 2.40. The second kappa shape index (κ2) is 7.97. The van der Waals surface area contributed by atoms with Gasteiger partial charge in [-0.2, -0.15) is 0 Å². The first-order valence-corrected chi connectivity index (χ1v) is 6.72. The molecule has 4 heteroatoms. The van der Waals surface area contributed by atoms with Crippen molar-refractivity contribution in [3.8, 4) is 0 Å². The van der Waals surface area contributed by atoms with Gasteiger partial charge < -0.3 is 5.73 Å². The lowest BCUT2D eigenvalue weighted by molar-refractivity contribution is 0.381. The maximum atomic E-state index is 5.51. The van der Waals surface area contributed by atoms with Gasteiger partial charge in [0.25, 0.3) is 0 Å². The average Bonchev–Trinajstić information content (AvgIpc) is 2.34. The highest BCUT2D eigenvalue weighted by atomic mass is 127. The second-order valence-corrected chi connectivity index (χ2v) is 5.25. The van der Waals surface area contributed by atoms with Gasteiger partial charge in [0, 0.05) is 47.8 Å². The van der Waals surface area contributed by atoms with E-state index in [1.54, 1.807) is 0 Å². The fourth-order valence-corrected chi connectivity index (χ4v) is 2.08. The van der Waals surface area contributed by atoms with Crippen LogP contribution < -0.4 is 5.73 Å².